The number of aryl methyl sites for hydroxylation is 2. The van der Waals surface area contributed by atoms with Crippen molar-refractivity contribution in [3.63, 3.8) is 0 Å². The van der Waals surface area contributed by atoms with E-state index in [9.17, 15) is 27.6 Å². The van der Waals surface area contributed by atoms with Crippen molar-refractivity contribution in [3.05, 3.63) is 53.0 Å². The largest absolute Gasteiger partial charge is 0.466 e. The van der Waals surface area contributed by atoms with Gasteiger partial charge in [0.05, 0.1) is 5.56 Å². The number of anilines is 1. The molecule has 2 aromatic rings. The molecule has 2 aliphatic heterocycles. The Hall–Kier alpha value is -3.50. The summed E-state index contributed by atoms with van der Waals surface area (Å²) in [5.74, 6) is 0.158. The molecular weight excluding hydrogens is 453 g/mol. The molecule has 2 saturated heterocycles. The van der Waals surface area contributed by atoms with Gasteiger partial charge >= 0.3 is 12.2 Å². The molecule has 34 heavy (non-hydrogen) atoms. The lowest BCUT2D eigenvalue weighted by atomic mass is 9.92. The third kappa shape index (κ3) is 4.22. The molecule has 0 spiro atoms. The van der Waals surface area contributed by atoms with E-state index in [0.29, 0.717) is 35.9 Å². The number of urea groups is 1. The number of nitrogens with one attached hydrogen (secondary N) is 1. The smallest absolute Gasteiger partial charge is 0.416 e. The van der Waals surface area contributed by atoms with E-state index in [1.54, 1.807) is 37.8 Å². The van der Waals surface area contributed by atoms with Crippen LogP contribution < -0.4 is 10.2 Å². The van der Waals surface area contributed by atoms with E-state index in [0.717, 1.165) is 17.0 Å². The van der Waals surface area contributed by atoms with Gasteiger partial charge in [-0.3, -0.25) is 14.5 Å². The fraction of sp³-hybridized carbons (Fsp3) is 0.435. The molecule has 0 bridgehead atoms. The topological polar surface area (TPSA) is 86.1 Å². The molecule has 1 N–H and O–H groups in total. The number of amides is 4. The number of furan rings is 1. The van der Waals surface area contributed by atoms with Gasteiger partial charge < -0.3 is 19.5 Å². The molecule has 1 unspecified atom stereocenters. The van der Waals surface area contributed by atoms with Crippen LogP contribution in [0.1, 0.15) is 29.6 Å². The standard InChI is InChI=1S/C23H25F3N4O4/c1-14-11-18(15(2)34-14)22(3)20(32)30(21(33)27-22)13-19(31)29-9-7-28(8-10-29)17-6-4-5-16(12-17)23(24,25)26/h4-6,11-12H,7-10,13H2,1-3H3,(H,27,33). The van der Waals surface area contributed by atoms with Gasteiger partial charge in [-0.25, -0.2) is 4.79 Å². The average Bonchev–Trinajstić information content (AvgIpc) is 3.24. The van der Waals surface area contributed by atoms with Crippen molar-refractivity contribution in [1.29, 1.82) is 0 Å². The summed E-state index contributed by atoms with van der Waals surface area (Å²) in [5, 5.41) is 2.66. The molecule has 3 heterocycles. The fourth-order valence-corrected chi connectivity index (χ4v) is 4.48. The van der Waals surface area contributed by atoms with Gasteiger partial charge in [0.2, 0.25) is 5.91 Å². The van der Waals surface area contributed by atoms with Crippen molar-refractivity contribution in [2.45, 2.75) is 32.5 Å². The van der Waals surface area contributed by atoms with Gasteiger partial charge in [-0.2, -0.15) is 13.2 Å². The van der Waals surface area contributed by atoms with Crippen molar-refractivity contribution >= 4 is 23.5 Å². The molecular formula is C23H25F3N4O4. The van der Waals surface area contributed by atoms with E-state index < -0.39 is 41.7 Å². The lowest BCUT2D eigenvalue weighted by Gasteiger charge is -2.36. The molecule has 1 atom stereocenters. The number of hydrogen-bond donors (Lipinski definition) is 1. The van der Waals surface area contributed by atoms with Crippen LogP contribution in [0.25, 0.3) is 0 Å². The maximum Gasteiger partial charge on any atom is 0.416 e. The normalized spacial score (nSPS) is 21.3. The first kappa shape index (κ1) is 23.7. The van der Waals surface area contributed by atoms with Crippen LogP contribution >= 0.6 is 0 Å². The van der Waals surface area contributed by atoms with Crippen molar-refractivity contribution in [3.8, 4) is 0 Å². The fourth-order valence-electron chi connectivity index (χ4n) is 4.48. The molecule has 182 valence electrons. The zero-order chi connectivity index (χ0) is 24.8. The molecule has 4 amide bonds. The van der Waals surface area contributed by atoms with Crippen LogP contribution in [0.2, 0.25) is 0 Å². The van der Waals surface area contributed by atoms with E-state index in [2.05, 4.69) is 5.32 Å². The number of imide groups is 1. The summed E-state index contributed by atoms with van der Waals surface area (Å²) in [4.78, 5) is 42.7. The zero-order valence-corrected chi connectivity index (χ0v) is 19.0. The Labute approximate surface area is 194 Å². The number of alkyl halides is 3. The molecule has 1 aromatic heterocycles. The molecule has 11 heteroatoms. The SMILES string of the molecule is Cc1cc(C2(C)NC(=O)N(CC(=O)N3CCN(c4cccc(C(F)(F)F)c4)CC3)C2=O)c(C)o1. The number of nitrogens with zero attached hydrogens (tertiary/aromatic N) is 3. The minimum atomic E-state index is -4.43. The Morgan fingerprint density at radius 2 is 1.79 bits per heavy atom. The van der Waals surface area contributed by atoms with Gasteiger partial charge in [0.25, 0.3) is 5.91 Å². The monoisotopic (exact) mass is 478 g/mol. The maximum absolute atomic E-state index is 13.1. The van der Waals surface area contributed by atoms with Crippen molar-refractivity contribution in [2.24, 2.45) is 0 Å². The molecule has 0 aliphatic carbocycles. The van der Waals surface area contributed by atoms with Crippen LogP contribution in [-0.4, -0.2) is 60.4 Å². The number of hydrogen-bond acceptors (Lipinski definition) is 5. The van der Waals surface area contributed by atoms with E-state index in [-0.39, 0.29) is 13.1 Å². The number of rotatable bonds is 4. The van der Waals surface area contributed by atoms with E-state index in [1.165, 1.54) is 11.0 Å². The first-order valence-corrected chi connectivity index (χ1v) is 10.8. The minimum absolute atomic E-state index is 0.260. The van der Waals surface area contributed by atoms with Crippen LogP contribution in [-0.2, 0) is 21.3 Å². The molecule has 0 saturated carbocycles. The zero-order valence-electron chi connectivity index (χ0n) is 19.0. The second-order valence-electron chi connectivity index (χ2n) is 8.69. The summed E-state index contributed by atoms with van der Waals surface area (Å²) in [6.07, 6.45) is -4.43. The van der Waals surface area contributed by atoms with Gasteiger partial charge in [-0.15, -0.1) is 0 Å². The number of halogens is 3. The summed E-state index contributed by atoms with van der Waals surface area (Å²) < 4.78 is 44.5. The maximum atomic E-state index is 13.1. The van der Waals surface area contributed by atoms with Crippen LogP contribution in [0, 0.1) is 13.8 Å². The van der Waals surface area contributed by atoms with Crippen LogP contribution in [0.3, 0.4) is 0 Å². The second kappa shape index (κ2) is 8.37. The molecule has 4 rings (SSSR count). The number of carbonyl (C=O) groups is 3. The lowest BCUT2D eigenvalue weighted by Crippen LogP contribution is -2.52. The molecule has 2 aliphatic rings. The third-order valence-electron chi connectivity index (χ3n) is 6.32. The average molecular weight is 478 g/mol. The number of carbonyl (C=O) groups excluding carboxylic acids is 3. The Bertz CT molecular complexity index is 1140. The molecule has 0 radical (unpaired) electrons. The summed E-state index contributed by atoms with van der Waals surface area (Å²) in [6.45, 7) is 5.78. The van der Waals surface area contributed by atoms with Crippen molar-refractivity contribution in [1.82, 2.24) is 15.1 Å². The molecule has 8 nitrogen and oxygen atoms in total. The van der Waals surface area contributed by atoms with Gasteiger partial charge in [0.15, 0.2) is 0 Å². The third-order valence-corrected chi connectivity index (χ3v) is 6.32. The number of benzene rings is 1. The quantitative estimate of drug-likeness (QED) is 0.683. The van der Waals surface area contributed by atoms with Crippen LogP contribution in [0.15, 0.2) is 34.7 Å². The summed E-state index contributed by atoms with van der Waals surface area (Å²) in [5.41, 5.74) is -1.10. The summed E-state index contributed by atoms with van der Waals surface area (Å²) in [6, 6.07) is 6.08. The van der Waals surface area contributed by atoms with Gasteiger partial charge in [-0.1, -0.05) is 6.07 Å². The Kier molecular flexibility index (Phi) is 5.82. The second-order valence-corrected chi connectivity index (χ2v) is 8.69. The molecule has 1 aromatic carbocycles. The van der Waals surface area contributed by atoms with E-state index >= 15 is 0 Å². The Balaban J connectivity index is 1.39. The summed E-state index contributed by atoms with van der Waals surface area (Å²) in [7, 11) is 0. The highest BCUT2D eigenvalue weighted by molar-refractivity contribution is 6.09. The predicted molar refractivity (Wildman–Crippen MR) is 116 cm³/mol. The van der Waals surface area contributed by atoms with Crippen molar-refractivity contribution in [2.75, 3.05) is 37.6 Å². The highest BCUT2D eigenvalue weighted by atomic mass is 19.4. The van der Waals surface area contributed by atoms with Crippen LogP contribution in [0.4, 0.5) is 23.7 Å². The van der Waals surface area contributed by atoms with Gasteiger partial charge in [0, 0.05) is 37.4 Å². The van der Waals surface area contributed by atoms with Crippen molar-refractivity contribution < 1.29 is 32.0 Å². The molecule has 2 fully saturated rings. The van der Waals surface area contributed by atoms with Gasteiger partial charge in [0.1, 0.15) is 23.6 Å². The van der Waals surface area contributed by atoms with E-state index in [1.807, 2.05) is 0 Å². The first-order chi connectivity index (χ1) is 15.9. The highest BCUT2D eigenvalue weighted by Gasteiger charge is 2.51. The Morgan fingerprint density at radius 1 is 1.12 bits per heavy atom. The van der Waals surface area contributed by atoms with Crippen LogP contribution in [0.5, 0.6) is 0 Å². The van der Waals surface area contributed by atoms with E-state index in [4.69, 9.17) is 4.42 Å². The highest BCUT2D eigenvalue weighted by Crippen LogP contribution is 2.33. The lowest BCUT2D eigenvalue weighted by molar-refractivity contribution is -0.139. The Morgan fingerprint density at radius 3 is 2.38 bits per heavy atom. The van der Waals surface area contributed by atoms with Gasteiger partial charge in [-0.05, 0) is 45.0 Å². The number of piperazine rings is 1. The first-order valence-electron chi connectivity index (χ1n) is 10.8. The summed E-state index contributed by atoms with van der Waals surface area (Å²) >= 11 is 0. The minimum Gasteiger partial charge on any atom is -0.466 e. The predicted octanol–water partition coefficient (Wildman–Crippen LogP) is 3.03.